The summed E-state index contributed by atoms with van der Waals surface area (Å²) in [6.45, 7) is 4.53. The molecule has 2 N–H and O–H groups in total. The van der Waals surface area contributed by atoms with E-state index in [0.717, 1.165) is 16.7 Å². The largest absolute Gasteiger partial charge is 0.367 e. The van der Waals surface area contributed by atoms with Crippen molar-refractivity contribution < 1.29 is 4.79 Å². The molecule has 2 rings (SSSR count). The van der Waals surface area contributed by atoms with E-state index in [-0.39, 0.29) is 5.91 Å². The highest BCUT2D eigenvalue weighted by atomic mass is 16.1. The van der Waals surface area contributed by atoms with Crippen molar-refractivity contribution >= 4 is 5.91 Å². The van der Waals surface area contributed by atoms with Crippen molar-refractivity contribution in [3.8, 4) is 0 Å². The Kier molecular flexibility index (Phi) is 3.28. The second kappa shape index (κ2) is 4.87. The van der Waals surface area contributed by atoms with Gasteiger partial charge in [-0.15, -0.1) is 0 Å². The standard InChI is InChI=1S/C14H16N2O/c1-10-3-4-13(11(2)7-10)14(17)16-9-12-5-6-15-8-12/h3-8,15H,9H2,1-2H3,(H,16,17). The third kappa shape index (κ3) is 2.75. The number of carbonyl (C=O) groups is 1. The fourth-order valence-electron chi connectivity index (χ4n) is 1.81. The van der Waals surface area contributed by atoms with Gasteiger partial charge in [0.05, 0.1) is 0 Å². The Labute approximate surface area is 101 Å². The Morgan fingerprint density at radius 1 is 1.29 bits per heavy atom. The summed E-state index contributed by atoms with van der Waals surface area (Å²) in [5.41, 5.74) is 4.00. The lowest BCUT2D eigenvalue weighted by molar-refractivity contribution is 0.0950. The summed E-state index contributed by atoms with van der Waals surface area (Å²) in [5.74, 6) is -0.0244. The number of H-pyrrole nitrogens is 1. The van der Waals surface area contributed by atoms with Crippen LogP contribution in [0.15, 0.2) is 36.7 Å². The molecule has 88 valence electrons. The van der Waals surface area contributed by atoms with Crippen molar-refractivity contribution in [3.63, 3.8) is 0 Å². The highest BCUT2D eigenvalue weighted by Crippen LogP contribution is 2.10. The molecule has 0 aliphatic heterocycles. The second-order valence-electron chi connectivity index (χ2n) is 4.22. The van der Waals surface area contributed by atoms with E-state index in [4.69, 9.17) is 0 Å². The van der Waals surface area contributed by atoms with Gasteiger partial charge in [0.15, 0.2) is 0 Å². The van der Waals surface area contributed by atoms with Gasteiger partial charge in [0, 0.05) is 24.5 Å². The van der Waals surface area contributed by atoms with Crippen LogP contribution in [0.1, 0.15) is 27.0 Å². The predicted octanol–water partition coefficient (Wildman–Crippen LogP) is 2.56. The number of rotatable bonds is 3. The molecule has 0 aliphatic carbocycles. The molecule has 0 spiro atoms. The number of aryl methyl sites for hydroxylation is 2. The fraction of sp³-hybridized carbons (Fsp3) is 0.214. The van der Waals surface area contributed by atoms with Crippen LogP contribution in [-0.4, -0.2) is 10.9 Å². The average Bonchev–Trinajstić information content (AvgIpc) is 2.78. The van der Waals surface area contributed by atoms with Crippen LogP contribution in [-0.2, 0) is 6.54 Å². The van der Waals surface area contributed by atoms with Crippen LogP contribution in [0.4, 0.5) is 0 Å². The van der Waals surface area contributed by atoms with Crippen molar-refractivity contribution in [2.24, 2.45) is 0 Å². The number of amides is 1. The van der Waals surface area contributed by atoms with Crippen LogP contribution >= 0.6 is 0 Å². The highest BCUT2D eigenvalue weighted by Gasteiger charge is 2.08. The normalized spacial score (nSPS) is 10.2. The molecule has 0 saturated carbocycles. The van der Waals surface area contributed by atoms with Gasteiger partial charge in [0.1, 0.15) is 0 Å². The minimum Gasteiger partial charge on any atom is -0.367 e. The Hall–Kier alpha value is -2.03. The van der Waals surface area contributed by atoms with Gasteiger partial charge in [-0.25, -0.2) is 0 Å². The summed E-state index contributed by atoms with van der Waals surface area (Å²) in [5, 5.41) is 2.90. The molecule has 3 heteroatoms. The van der Waals surface area contributed by atoms with E-state index in [9.17, 15) is 4.79 Å². The van der Waals surface area contributed by atoms with Gasteiger partial charge < -0.3 is 10.3 Å². The van der Waals surface area contributed by atoms with E-state index in [1.807, 2.05) is 50.5 Å². The van der Waals surface area contributed by atoms with Crippen LogP contribution < -0.4 is 5.32 Å². The van der Waals surface area contributed by atoms with Gasteiger partial charge in [-0.2, -0.15) is 0 Å². The SMILES string of the molecule is Cc1ccc(C(=O)NCc2cc[nH]c2)c(C)c1. The molecule has 1 heterocycles. The maximum atomic E-state index is 12.0. The molecule has 0 fully saturated rings. The van der Waals surface area contributed by atoms with Gasteiger partial charge in [0.2, 0.25) is 0 Å². The molecule has 0 radical (unpaired) electrons. The first-order valence-electron chi connectivity index (χ1n) is 5.64. The van der Waals surface area contributed by atoms with Gasteiger partial charge in [-0.1, -0.05) is 17.7 Å². The van der Waals surface area contributed by atoms with Gasteiger partial charge in [-0.3, -0.25) is 4.79 Å². The maximum Gasteiger partial charge on any atom is 0.251 e. The van der Waals surface area contributed by atoms with Crippen LogP contribution in [0.2, 0.25) is 0 Å². The van der Waals surface area contributed by atoms with E-state index >= 15 is 0 Å². The number of hydrogen-bond donors (Lipinski definition) is 2. The predicted molar refractivity (Wildman–Crippen MR) is 67.9 cm³/mol. The smallest absolute Gasteiger partial charge is 0.251 e. The Morgan fingerprint density at radius 3 is 2.76 bits per heavy atom. The molecular formula is C14H16N2O. The second-order valence-corrected chi connectivity index (χ2v) is 4.22. The minimum atomic E-state index is -0.0244. The summed E-state index contributed by atoms with van der Waals surface area (Å²) in [6.07, 6.45) is 3.72. The third-order valence-electron chi connectivity index (χ3n) is 2.74. The van der Waals surface area contributed by atoms with Gasteiger partial charge >= 0.3 is 0 Å². The summed E-state index contributed by atoms with van der Waals surface area (Å²) in [6, 6.07) is 7.79. The number of benzene rings is 1. The highest BCUT2D eigenvalue weighted by molar-refractivity contribution is 5.95. The first kappa shape index (κ1) is 11.5. The lowest BCUT2D eigenvalue weighted by Gasteiger charge is -2.07. The number of aromatic amines is 1. The van der Waals surface area contributed by atoms with Crippen molar-refractivity contribution in [2.75, 3.05) is 0 Å². The van der Waals surface area contributed by atoms with E-state index in [1.165, 1.54) is 5.56 Å². The zero-order valence-corrected chi connectivity index (χ0v) is 10.1. The molecule has 0 saturated heterocycles. The van der Waals surface area contributed by atoms with Crippen LogP contribution in [0.25, 0.3) is 0 Å². The number of nitrogens with one attached hydrogen (secondary N) is 2. The number of carbonyl (C=O) groups excluding carboxylic acids is 1. The summed E-state index contributed by atoms with van der Waals surface area (Å²) < 4.78 is 0. The fourth-order valence-corrected chi connectivity index (χ4v) is 1.81. The Morgan fingerprint density at radius 2 is 2.12 bits per heavy atom. The molecule has 0 atom stereocenters. The van der Waals surface area contributed by atoms with E-state index in [1.54, 1.807) is 0 Å². The monoisotopic (exact) mass is 228 g/mol. The molecule has 1 aromatic heterocycles. The van der Waals surface area contributed by atoms with E-state index in [0.29, 0.717) is 6.54 Å². The number of hydrogen-bond acceptors (Lipinski definition) is 1. The molecule has 17 heavy (non-hydrogen) atoms. The Bertz CT molecular complexity index is 515. The maximum absolute atomic E-state index is 12.0. The average molecular weight is 228 g/mol. The van der Waals surface area contributed by atoms with Crippen LogP contribution in [0.3, 0.4) is 0 Å². The van der Waals surface area contributed by atoms with E-state index < -0.39 is 0 Å². The molecular weight excluding hydrogens is 212 g/mol. The van der Waals surface area contributed by atoms with Crippen molar-refractivity contribution in [2.45, 2.75) is 20.4 Å². The Balaban J connectivity index is 2.04. The van der Waals surface area contributed by atoms with Gasteiger partial charge in [-0.05, 0) is 37.1 Å². The first-order chi connectivity index (χ1) is 8.16. The molecule has 1 aromatic carbocycles. The third-order valence-corrected chi connectivity index (χ3v) is 2.74. The van der Waals surface area contributed by atoms with Gasteiger partial charge in [0.25, 0.3) is 5.91 Å². The molecule has 0 bridgehead atoms. The molecule has 2 aromatic rings. The molecule has 1 amide bonds. The zero-order valence-electron chi connectivity index (χ0n) is 10.1. The quantitative estimate of drug-likeness (QED) is 0.833. The molecule has 3 nitrogen and oxygen atoms in total. The molecule has 0 aliphatic rings. The summed E-state index contributed by atoms with van der Waals surface area (Å²) in [4.78, 5) is 14.9. The lowest BCUT2D eigenvalue weighted by Crippen LogP contribution is -2.23. The van der Waals surface area contributed by atoms with Crippen molar-refractivity contribution in [1.29, 1.82) is 0 Å². The first-order valence-corrected chi connectivity index (χ1v) is 5.64. The number of aromatic nitrogens is 1. The van der Waals surface area contributed by atoms with Crippen molar-refractivity contribution in [3.05, 3.63) is 58.9 Å². The summed E-state index contributed by atoms with van der Waals surface area (Å²) in [7, 11) is 0. The lowest BCUT2D eigenvalue weighted by atomic mass is 10.1. The zero-order chi connectivity index (χ0) is 12.3. The van der Waals surface area contributed by atoms with Crippen LogP contribution in [0, 0.1) is 13.8 Å². The van der Waals surface area contributed by atoms with E-state index in [2.05, 4.69) is 10.3 Å². The van der Waals surface area contributed by atoms with Crippen molar-refractivity contribution in [1.82, 2.24) is 10.3 Å². The van der Waals surface area contributed by atoms with Crippen LogP contribution in [0.5, 0.6) is 0 Å². The minimum absolute atomic E-state index is 0.0244. The summed E-state index contributed by atoms with van der Waals surface area (Å²) >= 11 is 0. The molecule has 0 unspecified atom stereocenters. The topological polar surface area (TPSA) is 44.9 Å².